The molecule has 4 nitrogen and oxygen atoms in total. The summed E-state index contributed by atoms with van der Waals surface area (Å²) in [6.45, 7) is 7.49. The molecule has 3 aromatic rings. The van der Waals surface area contributed by atoms with Crippen molar-refractivity contribution in [3.05, 3.63) is 65.5 Å². The van der Waals surface area contributed by atoms with Crippen molar-refractivity contribution in [2.75, 3.05) is 29.9 Å². The number of rotatable bonds is 3. The van der Waals surface area contributed by atoms with Crippen molar-refractivity contribution in [2.45, 2.75) is 20.4 Å². The second kappa shape index (κ2) is 6.52. The van der Waals surface area contributed by atoms with E-state index in [9.17, 15) is 0 Å². The second-order valence-electron chi connectivity index (χ2n) is 7.33. The van der Waals surface area contributed by atoms with Gasteiger partial charge in [0.05, 0.1) is 17.6 Å². The molecule has 0 saturated carbocycles. The highest BCUT2D eigenvalue weighted by atomic mass is 15.3. The number of aromatic nitrogens is 2. The topological polar surface area (TPSA) is 24.3 Å². The molecule has 0 N–H and O–H groups in total. The molecule has 1 aromatic heterocycles. The highest BCUT2D eigenvalue weighted by Gasteiger charge is 2.22. The third kappa shape index (κ3) is 2.96. The Kier molecular flexibility index (Phi) is 4.19. The van der Waals surface area contributed by atoms with Crippen LogP contribution in [0.15, 0.2) is 48.8 Å². The Morgan fingerprint density at radius 2 is 1.81 bits per heavy atom. The summed E-state index contributed by atoms with van der Waals surface area (Å²) in [6.07, 6.45) is 3.99. The molecule has 0 spiro atoms. The molecular formula is C22H26N4. The van der Waals surface area contributed by atoms with Crippen LogP contribution in [0.3, 0.4) is 0 Å². The minimum Gasteiger partial charge on any atom is -0.371 e. The smallest absolute Gasteiger partial charge is 0.0637 e. The fourth-order valence-corrected chi connectivity index (χ4v) is 3.85. The van der Waals surface area contributed by atoms with Crippen molar-refractivity contribution >= 4 is 11.4 Å². The fraction of sp³-hybridized carbons (Fsp3) is 0.318. The Balaban J connectivity index is 1.63. The first-order valence-electron chi connectivity index (χ1n) is 9.17. The van der Waals surface area contributed by atoms with E-state index in [0.717, 1.165) is 19.6 Å². The second-order valence-corrected chi connectivity index (χ2v) is 7.33. The van der Waals surface area contributed by atoms with E-state index >= 15 is 0 Å². The van der Waals surface area contributed by atoms with Crippen LogP contribution in [0.5, 0.6) is 0 Å². The van der Waals surface area contributed by atoms with Crippen LogP contribution in [0.2, 0.25) is 0 Å². The maximum atomic E-state index is 4.28. The molecule has 0 atom stereocenters. The first kappa shape index (κ1) is 16.7. The quantitative estimate of drug-likeness (QED) is 0.712. The Morgan fingerprint density at radius 3 is 2.54 bits per heavy atom. The SMILES string of the molecule is Cc1cc(-c2cnn(C)c2)ccc1CN1CCN(C)c2cccc(C)c21. The molecular weight excluding hydrogens is 320 g/mol. The van der Waals surface area contributed by atoms with Crippen molar-refractivity contribution in [1.82, 2.24) is 9.78 Å². The number of hydrogen-bond acceptors (Lipinski definition) is 3. The average Bonchev–Trinajstić information content (AvgIpc) is 3.06. The molecule has 26 heavy (non-hydrogen) atoms. The lowest BCUT2D eigenvalue weighted by molar-refractivity contribution is 0.730. The van der Waals surface area contributed by atoms with Crippen LogP contribution in [-0.4, -0.2) is 29.9 Å². The van der Waals surface area contributed by atoms with Gasteiger partial charge in [0.25, 0.3) is 0 Å². The number of benzene rings is 2. The molecule has 4 heteroatoms. The lowest BCUT2D eigenvalue weighted by Gasteiger charge is -2.38. The summed E-state index contributed by atoms with van der Waals surface area (Å²) in [6, 6.07) is 13.4. The molecule has 0 aliphatic carbocycles. The van der Waals surface area contributed by atoms with E-state index in [1.165, 1.54) is 39.2 Å². The number of fused-ring (bicyclic) bond motifs is 1. The molecule has 0 unspecified atom stereocenters. The monoisotopic (exact) mass is 346 g/mol. The molecule has 4 rings (SSSR count). The van der Waals surface area contributed by atoms with E-state index in [2.05, 4.69) is 78.4 Å². The Hall–Kier alpha value is -2.75. The van der Waals surface area contributed by atoms with Gasteiger partial charge < -0.3 is 9.80 Å². The number of aryl methyl sites for hydroxylation is 3. The highest BCUT2D eigenvalue weighted by Crippen LogP contribution is 2.36. The van der Waals surface area contributed by atoms with Crippen LogP contribution >= 0.6 is 0 Å². The molecule has 1 aliphatic rings. The van der Waals surface area contributed by atoms with Crippen LogP contribution < -0.4 is 9.80 Å². The van der Waals surface area contributed by atoms with Crippen molar-refractivity contribution in [3.8, 4) is 11.1 Å². The lowest BCUT2D eigenvalue weighted by Crippen LogP contribution is -2.39. The third-order valence-corrected chi connectivity index (χ3v) is 5.39. The molecule has 134 valence electrons. The van der Waals surface area contributed by atoms with Gasteiger partial charge in [-0.2, -0.15) is 5.10 Å². The summed E-state index contributed by atoms with van der Waals surface area (Å²) in [4.78, 5) is 4.88. The Bertz CT molecular complexity index is 941. The maximum Gasteiger partial charge on any atom is 0.0637 e. The molecule has 0 amide bonds. The van der Waals surface area contributed by atoms with Gasteiger partial charge in [-0.1, -0.05) is 30.3 Å². The zero-order chi connectivity index (χ0) is 18.3. The minimum absolute atomic E-state index is 0.949. The summed E-state index contributed by atoms with van der Waals surface area (Å²) in [5.41, 5.74) is 9.17. The zero-order valence-corrected chi connectivity index (χ0v) is 16.0. The lowest BCUT2D eigenvalue weighted by atomic mass is 10.0. The molecule has 2 aromatic carbocycles. The van der Waals surface area contributed by atoms with E-state index in [1.807, 2.05) is 17.9 Å². The van der Waals surface area contributed by atoms with Gasteiger partial charge in [0.2, 0.25) is 0 Å². The number of anilines is 2. The van der Waals surface area contributed by atoms with E-state index in [-0.39, 0.29) is 0 Å². The number of hydrogen-bond donors (Lipinski definition) is 0. The molecule has 0 saturated heterocycles. The van der Waals surface area contributed by atoms with Crippen LogP contribution in [-0.2, 0) is 13.6 Å². The Labute approximate surface area is 155 Å². The van der Waals surface area contributed by atoms with Crippen molar-refractivity contribution in [1.29, 1.82) is 0 Å². The molecule has 0 fully saturated rings. The average molecular weight is 346 g/mol. The standard InChI is InChI=1S/C22H26N4/c1-16-6-5-7-21-22(16)26(11-10-24(21)3)15-19-9-8-18(12-17(19)2)20-13-23-25(4)14-20/h5-9,12-14H,10-11,15H2,1-4H3. The van der Waals surface area contributed by atoms with E-state index in [0.29, 0.717) is 0 Å². The number of likely N-dealkylation sites (N-methyl/N-ethyl adjacent to an activating group) is 1. The van der Waals surface area contributed by atoms with Crippen LogP contribution in [0.4, 0.5) is 11.4 Å². The van der Waals surface area contributed by atoms with Crippen molar-refractivity contribution < 1.29 is 0 Å². The first-order chi connectivity index (χ1) is 12.5. The van der Waals surface area contributed by atoms with Gasteiger partial charge in [-0.05, 0) is 42.2 Å². The minimum atomic E-state index is 0.949. The molecule has 0 bridgehead atoms. The molecule has 2 heterocycles. The maximum absolute atomic E-state index is 4.28. The van der Waals surface area contributed by atoms with E-state index < -0.39 is 0 Å². The van der Waals surface area contributed by atoms with Crippen LogP contribution in [0.1, 0.15) is 16.7 Å². The molecule has 1 aliphatic heterocycles. The van der Waals surface area contributed by atoms with Gasteiger partial charge in [-0.3, -0.25) is 4.68 Å². The number of nitrogens with zero attached hydrogens (tertiary/aromatic N) is 4. The van der Waals surface area contributed by atoms with Crippen LogP contribution in [0.25, 0.3) is 11.1 Å². The number of para-hydroxylation sites is 1. The van der Waals surface area contributed by atoms with E-state index in [4.69, 9.17) is 0 Å². The zero-order valence-electron chi connectivity index (χ0n) is 16.0. The summed E-state index contributed by atoms with van der Waals surface area (Å²) in [7, 11) is 4.14. The predicted molar refractivity (Wildman–Crippen MR) is 109 cm³/mol. The summed E-state index contributed by atoms with van der Waals surface area (Å²) in [5, 5.41) is 4.28. The van der Waals surface area contributed by atoms with Gasteiger partial charge in [0.15, 0.2) is 0 Å². The normalized spacial score (nSPS) is 13.8. The van der Waals surface area contributed by atoms with Crippen molar-refractivity contribution in [3.63, 3.8) is 0 Å². The fourth-order valence-electron chi connectivity index (χ4n) is 3.85. The van der Waals surface area contributed by atoms with Gasteiger partial charge in [0, 0.05) is 45.5 Å². The van der Waals surface area contributed by atoms with Crippen molar-refractivity contribution in [2.24, 2.45) is 7.05 Å². The van der Waals surface area contributed by atoms with Gasteiger partial charge in [-0.25, -0.2) is 0 Å². The predicted octanol–water partition coefficient (Wildman–Crippen LogP) is 4.16. The van der Waals surface area contributed by atoms with E-state index in [1.54, 1.807) is 0 Å². The Morgan fingerprint density at radius 1 is 0.962 bits per heavy atom. The van der Waals surface area contributed by atoms with Gasteiger partial charge >= 0.3 is 0 Å². The van der Waals surface area contributed by atoms with Crippen LogP contribution in [0, 0.1) is 13.8 Å². The van der Waals surface area contributed by atoms with Gasteiger partial charge in [-0.15, -0.1) is 0 Å². The first-order valence-corrected chi connectivity index (χ1v) is 9.17. The summed E-state index contributed by atoms with van der Waals surface area (Å²) >= 11 is 0. The largest absolute Gasteiger partial charge is 0.371 e. The molecule has 0 radical (unpaired) electrons. The summed E-state index contributed by atoms with van der Waals surface area (Å²) in [5.74, 6) is 0. The highest BCUT2D eigenvalue weighted by molar-refractivity contribution is 5.76. The van der Waals surface area contributed by atoms with Gasteiger partial charge in [0.1, 0.15) is 0 Å². The summed E-state index contributed by atoms with van der Waals surface area (Å²) < 4.78 is 1.85. The third-order valence-electron chi connectivity index (χ3n) is 5.39.